The first-order valence-corrected chi connectivity index (χ1v) is 11.3. The fourth-order valence-corrected chi connectivity index (χ4v) is 5.08. The van der Waals surface area contributed by atoms with Gasteiger partial charge in [-0.05, 0) is 57.2 Å². The highest BCUT2D eigenvalue weighted by molar-refractivity contribution is 5.79. The Hall–Kier alpha value is -1.92. The summed E-state index contributed by atoms with van der Waals surface area (Å²) in [4.78, 5) is 22.5. The summed E-state index contributed by atoms with van der Waals surface area (Å²) < 4.78 is 2.23. The molecule has 1 amide bonds. The molecule has 3 aliphatic rings. The number of rotatable bonds is 5. The molecule has 1 unspecified atom stereocenters. The first-order chi connectivity index (χ1) is 14.2. The second-order valence-corrected chi connectivity index (χ2v) is 9.20. The minimum Gasteiger partial charge on any atom is -0.353 e. The number of imidazole rings is 1. The van der Waals surface area contributed by atoms with Crippen LogP contribution in [-0.4, -0.2) is 63.5 Å². The summed E-state index contributed by atoms with van der Waals surface area (Å²) in [5.74, 6) is 1.65. The van der Waals surface area contributed by atoms with Gasteiger partial charge in [-0.25, -0.2) is 4.98 Å². The lowest BCUT2D eigenvalue weighted by Crippen LogP contribution is -2.50. The monoisotopic (exact) mass is 395 g/mol. The van der Waals surface area contributed by atoms with E-state index in [0.29, 0.717) is 18.0 Å². The van der Waals surface area contributed by atoms with Crippen molar-refractivity contribution in [1.29, 1.82) is 0 Å². The topological polar surface area (TPSA) is 53.4 Å². The van der Waals surface area contributed by atoms with Gasteiger partial charge < -0.3 is 9.88 Å². The second-order valence-electron chi connectivity index (χ2n) is 9.20. The van der Waals surface area contributed by atoms with Crippen molar-refractivity contribution < 1.29 is 4.79 Å². The number of piperidine rings is 2. The number of hydrogen-bond donors (Lipinski definition) is 1. The lowest BCUT2D eigenvalue weighted by molar-refractivity contribution is -0.127. The van der Waals surface area contributed by atoms with Crippen molar-refractivity contribution in [2.24, 2.45) is 13.0 Å². The van der Waals surface area contributed by atoms with Gasteiger partial charge in [-0.1, -0.05) is 12.1 Å². The molecule has 6 heteroatoms. The Labute approximate surface area is 173 Å². The van der Waals surface area contributed by atoms with E-state index < -0.39 is 0 Å². The Morgan fingerprint density at radius 1 is 1.10 bits per heavy atom. The highest BCUT2D eigenvalue weighted by Gasteiger charge is 2.33. The number of hydrogen-bond acceptors (Lipinski definition) is 4. The average Bonchev–Trinajstić information content (AvgIpc) is 3.52. The number of aryl methyl sites for hydroxylation is 1. The number of benzene rings is 1. The average molecular weight is 396 g/mol. The fourth-order valence-electron chi connectivity index (χ4n) is 5.08. The van der Waals surface area contributed by atoms with Crippen molar-refractivity contribution in [3.8, 4) is 0 Å². The summed E-state index contributed by atoms with van der Waals surface area (Å²) in [7, 11) is 2.12. The number of nitrogens with zero attached hydrogens (tertiary/aromatic N) is 4. The zero-order chi connectivity index (χ0) is 19.8. The molecule has 2 aliphatic heterocycles. The second kappa shape index (κ2) is 8.07. The minimum absolute atomic E-state index is 0.197. The van der Waals surface area contributed by atoms with Crippen molar-refractivity contribution >= 4 is 16.9 Å². The van der Waals surface area contributed by atoms with E-state index in [0.717, 1.165) is 56.9 Å². The predicted molar refractivity (Wildman–Crippen MR) is 114 cm³/mol. The van der Waals surface area contributed by atoms with Crippen molar-refractivity contribution in [2.45, 2.75) is 57.2 Å². The van der Waals surface area contributed by atoms with Crippen LogP contribution in [-0.2, 0) is 18.4 Å². The molecule has 0 spiro atoms. The van der Waals surface area contributed by atoms with E-state index >= 15 is 0 Å². The SMILES string of the molecule is Cn1c(CN2CCC(N3CCCC(C(=O)NC4CC4)C3)CC2)nc2ccccc21. The van der Waals surface area contributed by atoms with E-state index in [2.05, 4.69) is 51.0 Å². The molecule has 29 heavy (non-hydrogen) atoms. The van der Waals surface area contributed by atoms with Gasteiger partial charge in [0.2, 0.25) is 5.91 Å². The van der Waals surface area contributed by atoms with E-state index in [1.165, 1.54) is 31.2 Å². The number of carbonyl (C=O) groups excluding carboxylic acids is 1. The first kappa shape index (κ1) is 19.1. The summed E-state index contributed by atoms with van der Waals surface area (Å²) in [5.41, 5.74) is 2.30. The maximum Gasteiger partial charge on any atom is 0.224 e. The van der Waals surface area contributed by atoms with E-state index in [-0.39, 0.29) is 5.92 Å². The van der Waals surface area contributed by atoms with Crippen molar-refractivity contribution in [1.82, 2.24) is 24.7 Å². The summed E-state index contributed by atoms with van der Waals surface area (Å²) in [6.07, 6.45) is 6.95. The van der Waals surface area contributed by atoms with Crippen LogP contribution in [0.5, 0.6) is 0 Å². The van der Waals surface area contributed by atoms with Crippen LogP contribution in [0.15, 0.2) is 24.3 Å². The molecule has 1 aromatic carbocycles. The van der Waals surface area contributed by atoms with Gasteiger partial charge in [0.05, 0.1) is 23.5 Å². The summed E-state index contributed by atoms with van der Waals surface area (Å²) in [5, 5.41) is 3.21. The quantitative estimate of drug-likeness (QED) is 0.845. The molecule has 1 atom stereocenters. The van der Waals surface area contributed by atoms with E-state index in [1.54, 1.807) is 0 Å². The van der Waals surface area contributed by atoms with Crippen LogP contribution in [0.1, 0.15) is 44.3 Å². The van der Waals surface area contributed by atoms with Gasteiger partial charge in [0.1, 0.15) is 5.82 Å². The van der Waals surface area contributed by atoms with Gasteiger partial charge in [0.25, 0.3) is 0 Å². The molecular weight excluding hydrogens is 362 g/mol. The summed E-state index contributed by atoms with van der Waals surface area (Å²) >= 11 is 0. The normalized spacial score (nSPS) is 24.8. The van der Waals surface area contributed by atoms with Gasteiger partial charge in [-0.2, -0.15) is 0 Å². The van der Waals surface area contributed by atoms with Crippen LogP contribution in [0.25, 0.3) is 11.0 Å². The van der Waals surface area contributed by atoms with Crippen LogP contribution in [0.4, 0.5) is 0 Å². The minimum atomic E-state index is 0.197. The molecule has 156 valence electrons. The maximum atomic E-state index is 12.5. The molecule has 2 aromatic rings. The van der Waals surface area contributed by atoms with Crippen molar-refractivity contribution in [2.75, 3.05) is 26.2 Å². The number of amides is 1. The lowest BCUT2D eigenvalue weighted by atomic mass is 9.93. The van der Waals surface area contributed by atoms with E-state index in [1.807, 2.05) is 0 Å². The third-order valence-electron chi connectivity index (χ3n) is 7.07. The van der Waals surface area contributed by atoms with Gasteiger partial charge in [0, 0.05) is 38.8 Å². The third-order valence-corrected chi connectivity index (χ3v) is 7.07. The number of aromatic nitrogens is 2. The third kappa shape index (κ3) is 4.19. The number of nitrogens with one attached hydrogen (secondary N) is 1. The molecule has 3 heterocycles. The van der Waals surface area contributed by atoms with Crippen LogP contribution in [0.3, 0.4) is 0 Å². The molecule has 2 saturated heterocycles. The Balaban J connectivity index is 1.15. The Morgan fingerprint density at radius 3 is 2.66 bits per heavy atom. The predicted octanol–water partition coefficient (Wildman–Crippen LogP) is 2.53. The Kier molecular flexibility index (Phi) is 5.31. The lowest BCUT2D eigenvalue weighted by Gasteiger charge is -2.42. The fraction of sp³-hybridized carbons (Fsp3) is 0.652. The van der Waals surface area contributed by atoms with Crippen molar-refractivity contribution in [3.63, 3.8) is 0 Å². The maximum absolute atomic E-state index is 12.5. The van der Waals surface area contributed by atoms with E-state index in [4.69, 9.17) is 4.98 Å². The number of para-hydroxylation sites is 2. The van der Waals surface area contributed by atoms with Crippen LogP contribution < -0.4 is 5.32 Å². The number of fused-ring (bicyclic) bond motifs is 1. The van der Waals surface area contributed by atoms with Gasteiger partial charge in [-0.15, -0.1) is 0 Å². The highest BCUT2D eigenvalue weighted by atomic mass is 16.2. The van der Waals surface area contributed by atoms with E-state index in [9.17, 15) is 4.79 Å². The molecule has 1 aliphatic carbocycles. The molecule has 5 rings (SSSR count). The molecular formula is C23H33N5O. The van der Waals surface area contributed by atoms with Crippen LogP contribution >= 0.6 is 0 Å². The first-order valence-electron chi connectivity index (χ1n) is 11.3. The van der Waals surface area contributed by atoms with Gasteiger partial charge >= 0.3 is 0 Å². The summed E-state index contributed by atoms with van der Waals surface area (Å²) in [6.45, 7) is 5.26. The number of likely N-dealkylation sites (tertiary alicyclic amines) is 2. The Bertz CT molecular complexity index is 865. The molecule has 0 radical (unpaired) electrons. The van der Waals surface area contributed by atoms with Crippen LogP contribution in [0.2, 0.25) is 0 Å². The highest BCUT2D eigenvalue weighted by Crippen LogP contribution is 2.26. The standard InChI is InChI=1S/C23H33N5O/c1-26-21-7-3-2-6-20(21)25-22(26)16-27-13-10-19(11-14-27)28-12-4-5-17(15-28)23(29)24-18-8-9-18/h2-3,6-7,17-19H,4-5,8-16H2,1H3,(H,24,29). The van der Waals surface area contributed by atoms with Gasteiger partial charge in [-0.3, -0.25) is 14.6 Å². The molecule has 0 bridgehead atoms. The molecule has 6 nitrogen and oxygen atoms in total. The van der Waals surface area contributed by atoms with Crippen molar-refractivity contribution in [3.05, 3.63) is 30.1 Å². The van der Waals surface area contributed by atoms with Gasteiger partial charge in [0.15, 0.2) is 0 Å². The zero-order valence-electron chi connectivity index (χ0n) is 17.5. The Morgan fingerprint density at radius 2 is 1.90 bits per heavy atom. The molecule has 1 aromatic heterocycles. The summed E-state index contributed by atoms with van der Waals surface area (Å²) in [6, 6.07) is 9.48. The van der Waals surface area contributed by atoms with Crippen LogP contribution in [0, 0.1) is 5.92 Å². The molecule has 1 saturated carbocycles. The molecule has 1 N–H and O–H groups in total. The molecule has 3 fully saturated rings. The smallest absolute Gasteiger partial charge is 0.224 e. The zero-order valence-corrected chi connectivity index (χ0v) is 17.5. The largest absolute Gasteiger partial charge is 0.353 e. The number of carbonyl (C=O) groups is 1.